The topological polar surface area (TPSA) is 70.7 Å². The average Bonchev–Trinajstić information content (AvgIpc) is 2.59. The van der Waals surface area contributed by atoms with Crippen molar-refractivity contribution in [2.24, 2.45) is 0 Å². The molecule has 6 heteroatoms. The van der Waals surface area contributed by atoms with Gasteiger partial charge in [0.15, 0.2) is 0 Å². The molecule has 2 rings (SSSR count). The minimum absolute atomic E-state index is 0.0741. The Morgan fingerprint density at radius 3 is 2.72 bits per heavy atom. The van der Waals surface area contributed by atoms with Crippen LogP contribution < -0.4 is 10.8 Å². The number of hydroxylamine groups is 1. The van der Waals surface area contributed by atoms with E-state index >= 15 is 0 Å². The first-order valence-electron chi connectivity index (χ1n) is 9.37. The van der Waals surface area contributed by atoms with Crippen LogP contribution in [0.5, 0.6) is 0 Å². The lowest BCUT2D eigenvalue weighted by atomic mass is 10.0. The third-order valence-corrected chi connectivity index (χ3v) is 4.36. The van der Waals surface area contributed by atoms with Gasteiger partial charge in [-0.25, -0.2) is 5.48 Å². The van der Waals surface area contributed by atoms with Gasteiger partial charge in [0.25, 0.3) is 0 Å². The number of amides is 1. The number of likely N-dealkylation sites (tertiary alicyclic amines) is 1. The molecule has 6 nitrogen and oxygen atoms in total. The van der Waals surface area contributed by atoms with Gasteiger partial charge in [0.1, 0.15) is 5.78 Å². The highest BCUT2D eigenvalue weighted by Crippen LogP contribution is 2.18. The molecule has 2 aliphatic rings. The molecular formula is C19H31N3O3. The Kier molecular flexibility index (Phi) is 8.15. The van der Waals surface area contributed by atoms with E-state index in [0.717, 1.165) is 38.9 Å². The van der Waals surface area contributed by atoms with Crippen LogP contribution in [0.4, 0.5) is 0 Å². The number of hydrogen-bond donors (Lipinski definition) is 2. The van der Waals surface area contributed by atoms with Crippen LogP contribution in [0.25, 0.3) is 0 Å². The van der Waals surface area contributed by atoms with Crippen molar-refractivity contribution in [1.29, 1.82) is 0 Å². The zero-order chi connectivity index (χ0) is 18.1. The Morgan fingerprint density at radius 2 is 2.08 bits per heavy atom. The monoisotopic (exact) mass is 349 g/mol. The van der Waals surface area contributed by atoms with Crippen LogP contribution >= 0.6 is 0 Å². The molecule has 1 heterocycles. The van der Waals surface area contributed by atoms with E-state index in [-0.39, 0.29) is 18.1 Å². The number of carbonyl (C=O) groups is 2. The molecule has 0 bridgehead atoms. The second-order valence-electron chi connectivity index (χ2n) is 6.94. The molecule has 1 fully saturated rings. The van der Waals surface area contributed by atoms with Crippen molar-refractivity contribution >= 4 is 11.7 Å². The number of nitrogens with one attached hydrogen (secondary N) is 2. The van der Waals surface area contributed by atoms with Crippen molar-refractivity contribution in [2.75, 3.05) is 19.6 Å². The zero-order valence-corrected chi connectivity index (χ0v) is 15.4. The fourth-order valence-corrected chi connectivity index (χ4v) is 2.95. The molecule has 25 heavy (non-hydrogen) atoms. The summed E-state index contributed by atoms with van der Waals surface area (Å²) in [5.41, 5.74) is 4.08. The van der Waals surface area contributed by atoms with Crippen LogP contribution in [0.1, 0.15) is 52.4 Å². The highest BCUT2D eigenvalue weighted by molar-refractivity contribution is 5.79. The largest absolute Gasteiger partial charge is 0.371 e. The van der Waals surface area contributed by atoms with E-state index < -0.39 is 0 Å². The molecule has 1 amide bonds. The number of nitrogens with zero attached hydrogens (tertiary/aromatic N) is 1. The van der Waals surface area contributed by atoms with E-state index in [1.165, 1.54) is 5.70 Å². The zero-order valence-electron chi connectivity index (χ0n) is 15.4. The molecule has 140 valence electrons. The molecule has 1 aliphatic heterocycles. The van der Waals surface area contributed by atoms with E-state index in [9.17, 15) is 9.59 Å². The van der Waals surface area contributed by atoms with Crippen molar-refractivity contribution < 1.29 is 14.4 Å². The van der Waals surface area contributed by atoms with Crippen LogP contribution in [0, 0.1) is 0 Å². The average molecular weight is 349 g/mol. The minimum Gasteiger partial charge on any atom is -0.371 e. The number of Topliss-reactive ketones (excluding diaryl/α,β-unsaturated/α-hetero) is 1. The number of ketones is 1. The van der Waals surface area contributed by atoms with Gasteiger partial charge in [-0.05, 0) is 39.2 Å². The molecule has 0 radical (unpaired) electrons. The van der Waals surface area contributed by atoms with Crippen molar-refractivity contribution in [1.82, 2.24) is 15.7 Å². The van der Waals surface area contributed by atoms with Gasteiger partial charge in [-0.3, -0.25) is 14.4 Å². The quantitative estimate of drug-likeness (QED) is 0.493. The maximum Gasteiger partial charge on any atom is 0.220 e. The van der Waals surface area contributed by atoms with Gasteiger partial charge in [-0.15, -0.1) is 0 Å². The summed E-state index contributed by atoms with van der Waals surface area (Å²) in [6, 6.07) is 0.0741. The fraction of sp³-hybridized carbons (Fsp3) is 0.684. The van der Waals surface area contributed by atoms with Gasteiger partial charge in [0.05, 0.1) is 12.1 Å². The van der Waals surface area contributed by atoms with Crippen LogP contribution in [-0.2, 0) is 14.4 Å². The highest BCUT2D eigenvalue weighted by atomic mass is 16.7. The lowest BCUT2D eigenvalue weighted by molar-refractivity contribution is -0.122. The SMILES string of the molecule is CC(C)ONCCCCC(=O)NC1C=CC(N2CCC(=O)CC2)=CC1. The van der Waals surface area contributed by atoms with Gasteiger partial charge in [-0.1, -0.05) is 12.2 Å². The molecule has 0 aromatic heterocycles. The summed E-state index contributed by atoms with van der Waals surface area (Å²) in [5, 5.41) is 3.06. The second-order valence-corrected chi connectivity index (χ2v) is 6.94. The second kappa shape index (κ2) is 10.4. The van der Waals surface area contributed by atoms with Crippen LogP contribution in [-0.4, -0.2) is 48.4 Å². The smallest absolute Gasteiger partial charge is 0.220 e. The predicted octanol–water partition coefficient (Wildman–Crippen LogP) is 2.08. The predicted molar refractivity (Wildman–Crippen MR) is 97.7 cm³/mol. The van der Waals surface area contributed by atoms with Gasteiger partial charge in [0.2, 0.25) is 5.91 Å². The Balaban J connectivity index is 1.59. The number of carbonyl (C=O) groups excluding carboxylic acids is 2. The normalized spacial score (nSPS) is 20.8. The molecule has 0 saturated carbocycles. The third-order valence-electron chi connectivity index (χ3n) is 4.36. The minimum atomic E-state index is 0.0741. The molecule has 1 atom stereocenters. The maximum atomic E-state index is 12.0. The highest BCUT2D eigenvalue weighted by Gasteiger charge is 2.19. The first-order chi connectivity index (χ1) is 12.0. The van der Waals surface area contributed by atoms with E-state index in [1.54, 1.807) is 0 Å². The Hall–Kier alpha value is -1.66. The molecule has 1 saturated heterocycles. The van der Waals surface area contributed by atoms with Gasteiger partial charge in [0, 0.05) is 44.6 Å². The van der Waals surface area contributed by atoms with Gasteiger partial charge >= 0.3 is 0 Å². The lowest BCUT2D eigenvalue weighted by Gasteiger charge is -2.31. The summed E-state index contributed by atoms with van der Waals surface area (Å²) in [7, 11) is 0. The molecule has 0 spiro atoms. The Bertz CT molecular complexity index is 504. The molecule has 2 N–H and O–H groups in total. The molecule has 0 aromatic carbocycles. The number of unbranched alkanes of at least 4 members (excludes halogenated alkanes) is 1. The summed E-state index contributed by atoms with van der Waals surface area (Å²) in [4.78, 5) is 30.8. The Labute approximate surface area is 150 Å². The van der Waals surface area contributed by atoms with Crippen molar-refractivity contribution in [3.8, 4) is 0 Å². The maximum absolute atomic E-state index is 12.0. The van der Waals surface area contributed by atoms with E-state index in [0.29, 0.717) is 25.0 Å². The van der Waals surface area contributed by atoms with E-state index in [4.69, 9.17) is 4.84 Å². The molecular weight excluding hydrogens is 318 g/mol. The Morgan fingerprint density at radius 1 is 1.32 bits per heavy atom. The van der Waals surface area contributed by atoms with Crippen molar-refractivity contribution in [2.45, 2.75) is 64.5 Å². The summed E-state index contributed by atoms with van der Waals surface area (Å²) < 4.78 is 0. The van der Waals surface area contributed by atoms with Crippen LogP contribution in [0.3, 0.4) is 0 Å². The first-order valence-corrected chi connectivity index (χ1v) is 9.37. The summed E-state index contributed by atoms with van der Waals surface area (Å²) in [6.07, 6.45) is 10.9. The third kappa shape index (κ3) is 7.40. The molecule has 1 unspecified atom stereocenters. The standard InChI is InChI=1S/C19H31N3O3/c1-15(2)25-20-12-4-3-5-19(24)21-16-6-8-17(9-7-16)22-13-10-18(23)11-14-22/h6,8-9,15-16,20H,3-5,7,10-14H2,1-2H3,(H,21,24). The van der Waals surface area contributed by atoms with Crippen molar-refractivity contribution in [3.63, 3.8) is 0 Å². The van der Waals surface area contributed by atoms with Gasteiger partial charge in [-0.2, -0.15) is 0 Å². The van der Waals surface area contributed by atoms with E-state index in [2.05, 4.69) is 33.9 Å². The van der Waals surface area contributed by atoms with E-state index in [1.807, 2.05) is 13.8 Å². The fourth-order valence-electron chi connectivity index (χ4n) is 2.95. The first kappa shape index (κ1) is 19.7. The summed E-state index contributed by atoms with van der Waals surface area (Å²) in [5.74, 6) is 0.451. The molecule has 1 aliphatic carbocycles. The number of allylic oxidation sites excluding steroid dienone is 1. The van der Waals surface area contributed by atoms with Gasteiger partial charge < -0.3 is 10.2 Å². The van der Waals surface area contributed by atoms with Crippen molar-refractivity contribution in [3.05, 3.63) is 23.9 Å². The number of hydrogen-bond acceptors (Lipinski definition) is 5. The number of piperidine rings is 1. The summed E-state index contributed by atoms with van der Waals surface area (Å²) >= 11 is 0. The number of rotatable bonds is 9. The molecule has 0 aromatic rings. The lowest BCUT2D eigenvalue weighted by Crippen LogP contribution is -2.36. The van der Waals surface area contributed by atoms with Crippen LogP contribution in [0.15, 0.2) is 23.9 Å². The summed E-state index contributed by atoms with van der Waals surface area (Å²) in [6.45, 7) is 6.33. The van der Waals surface area contributed by atoms with Crippen LogP contribution in [0.2, 0.25) is 0 Å².